The fourth-order valence-electron chi connectivity index (χ4n) is 2.51. The number of hydrogen-bond donors (Lipinski definition) is 2. The highest BCUT2D eigenvalue weighted by molar-refractivity contribution is 5.85. The lowest BCUT2D eigenvalue weighted by Crippen LogP contribution is -2.27. The van der Waals surface area contributed by atoms with Gasteiger partial charge in [0.2, 0.25) is 5.91 Å². The van der Waals surface area contributed by atoms with Crippen molar-refractivity contribution >= 4 is 18.3 Å². The van der Waals surface area contributed by atoms with Crippen molar-refractivity contribution in [3.05, 3.63) is 29.8 Å². The van der Waals surface area contributed by atoms with Gasteiger partial charge in [-0.15, -0.1) is 12.4 Å². The van der Waals surface area contributed by atoms with Crippen LogP contribution in [-0.2, 0) is 11.3 Å². The van der Waals surface area contributed by atoms with Crippen LogP contribution >= 0.6 is 12.4 Å². The van der Waals surface area contributed by atoms with Gasteiger partial charge in [0.25, 0.3) is 0 Å². The largest absolute Gasteiger partial charge is 0.494 e. The third-order valence-corrected chi connectivity index (χ3v) is 3.58. The van der Waals surface area contributed by atoms with Gasteiger partial charge < -0.3 is 15.4 Å². The molecule has 1 aliphatic rings. The topological polar surface area (TPSA) is 50.4 Å². The maximum absolute atomic E-state index is 11.8. The molecular formula is C16H25ClN2O2. The maximum atomic E-state index is 11.8. The summed E-state index contributed by atoms with van der Waals surface area (Å²) in [6, 6.07) is 8.39. The number of amides is 1. The van der Waals surface area contributed by atoms with Crippen LogP contribution in [-0.4, -0.2) is 25.1 Å². The first kappa shape index (κ1) is 17.8. The zero-order chi connectivity index (χ0) is 14.2. The van der Waals surface area contributed by atoms with Crippen LogP contribution in [0.25, 0.3) is 0 Å². The number of rotatable bonds is 7. The van der Waals surface area contributed by atoms with Gasteiger partial charge in [-0.2, -0.15) is 0 Å². The smallest absolute Gasteiger partial charge is 0.220 e. The first-order valence-electron chi connectivity index (χ1n) is 7.49. The van der Waals surface area contributed by atoms with E-state index < -0.39 is 0 Å². The fraction of sp³-hybridized carbons (Fsp3) is 0.562. The first-order valence-corrected chi connectivity index (χ1v) is 7.49. The third kappa shape index (κ3) is 6.36. The molecule has 118 valence electrons. The van der Waals surface area contributed by atoms with Crippen LogP contribution in [0.4, 0.5) is 0 Å². The maximum Gasteiger partial charge on any atom is 0.220 e. The Balaban J connectivity index is 0.00000220. The van der Waals surface area contributed by atoms with Crippen LogP contribution in [0.1, 0.15) is 38.2 Å². The molecule has 1 saturated heterocycles. The van der Waals surface area contributed by atoms with Gasteiger partial charge in [-0.3, -0.25) is 4.79 Å². The first-order chi connectivity index (χ1) is 9.78. The minimum absolute atomic E-state index is 0. The minimum Gasteiger partial charge on any atom is -0.494 e. The molecular weight excluding hydrogens is 288 g/mol. The van der Waals surface area contributed by atoms with Crippen LogP contribution in [0.15, 0.2) is 24.3 Å². The summed E-state index contributed by atoms with van der Waals surface area (Å²) >= 11 is 0. The van der Waals surface area contributed by atoms with Crippen LogP contribution in [0.3, 0.4) is 0 Å². The molecule has 1 amide bonds. The molecule has 1 atom stereocenters. The number of nitrogens with one attached hydrogen (secondary N) is 2. The number of halogens is 1. The van der Waals surface area contributed by atoms with E-state index in [0.717, 1.165) is 24.3 Å². The normalized spacial score (nSPS) is 17.1. The van der Waals surface area contributed by atoms with E-state index in [1.54, 1.807) is 0 Å². The van der Waals surface area contributed by atoms with Gasteiger partial charge in [0.05, 0.1) is 6.61 Å². The number of ether oxygens (including phenoxy) is 1. The van der Waals surface area contributed by atoms with Crippen LogP contribution in [0, 0.1) is 0 Å². The van der Waals surface area contributed by atoms with Gasteiger partial charge in [0.1, 0.15) is 5.75 Å². The average molecular weight is 313 g/mol. The Labute approximate surface area is 133 Å². The highest BCUT2D eigenvalue weighted by atomic mass is 35.5. The molecule has 1 unspecified atom stereocenters. The highest BCUT2D eigenvalue weighted by Crippen LogP contribution is 2.13. The van der Waals surface area contributed by atoms with E-state index in [4.69, 9.17) is 4.74 Å². The molecule has 4 nitrogen and oxygen atoms in total. The second-order valence-electron chi connectivity index (χ2n) is 5.19. The second kappa shape index (κ2) is 9.64. The molecule has 1 aliphatic heterocycles. The number of carbonyl (C=O) groups excluding carboxylic acids is 1. The predicted molar refractivity (Wildman–Crippen MR) is 87.0 cm³/mol. The summed E-state index contributed by atoms with van der Waals surface area (Å²) in [6.07, 6.45) is 3.97. The van der Waals surface area contributed by atoms with Crippen LogP contribution in [0.5, 0.6) is 5.75 Å². The van der Waals surface area contributed by atoms with Crippen LogP contribution < -0.4 is 15.4 Å². The molecule has 0 spiro atoms. The molecule has 5 heteroatoms. The molecule has 2 rings (SSSR count). The van der Waals surface area contributed by atoms with E-state index in [0.29, 0.717) is 25.6 Å². The Bertz CT molecular complexity index is 434. The summed E-state index contributed by atoms with van der Waals surface area (Å²) in [5.41, 5.74) is 1.07. The number of hydrogen-bond acceptors (Lipinski definition) is 3. The molecule has 0 bridgehead atoms. The zero-order valence-corrected chi connectivity index (χ0v) is 13.4. The fourth-order valence-corrected chi connectivity index (χ4v) is 2.51. The average Bonchev–Trinajstić information content (AvgIpc) is 2.97. The van der Waals surface area contributed by atoms with Gasteiger partial charge in [-0.1, -0.05) is 12.1 Å². The minimum atomic E-state index is 0. The quantitative estimate of drug-likeness (QED) is 0.814. The zero-order valence-electron chi connectivity index (χ0n) is 12.6. The van der Waals surface area contributed by atoms with Crippen molar-refractivity contribution < 1.29 is 9.53 Å². The van der Waals surface area contributed by atoms with E-state index in [2.05, 4.69) is 10.6 Å². The van der Waals surface area contributed by atoms with Crippen molar-refractivity contribution in [3.63, 3.8) is 0 Å². The van der Waals surface area contributed by atoms with Gasteiger partial charge in [0.15, 0.2) is 0 Å². The summed E-state index contributed by atoms with van der Waals surface area (Å²) in [7, 11) is 0. The predicted octanol–water partition coefficient (Wildman–Crippen LogP) is 2.66. The molecule has 0 radical (unpaired) electrons. The van der Waals surface area contributed by atoms with Gasteiger partial charge in [0, 0.05) is 19.0 Å². The van der Waals surface area contributed by atoms with E-state index in [1.807, 2.05) is 31.2 Å². The standard InChI is InChI=1S/C16H24N2O2.ClH/c1-2-20-15-7-3-5-13(11-15)12-18-16(19)9-8-14-6-4-10-17-14;/h3,5,7,11,14,17H,2,4,6,8-10,12H2,1H3,(H,18,19);1H. The Hall–Kier alpha value is -1.26. The second-order valence-corrected chi connectivity index (χ2v) is 5.19. The third-order valence-electron chi connectivity index (χ3n) is 3.58. The van der Waals surface area contributed by atoms with Crippen molar-refractivity contribution in [2.75, 3.05) is 13.2 Å². The molecule has 0 aromatic heterocycles. The number of benzene rings is 1. The molecule has 1 fully saturated rings. The summed E-state index contributed by atoms with van der Waals surface area (Å²) < 4.78 is 5.45. The monoisotopic (exact) mass is 312 g/mol. The lowest BCUT2D eigenvalue weighted by molar-refractivity contribution is -0.121. The van der Waals surface area contributed by atoms with Crippen molar-refractivity contribution in [1.29, 1.82) is 0 Å². The SMILES string of the molecule is CCOc1cccc(CNC(=O)CCC2CCCN2)c1.Cl. The molecule has 21 heavy (non-hydrogen) atoms. The van der Waals surface area contributed by atoms with Gasteiger partial charge in [-0.25, -0.2) is 0 Å². The van der Waals surface area contributed by atoms with Crippen molar-refractivity contribution in [1.82, 2.24) is 10.6 Å². The summed E-state index contributed by atoms with van der Waals surface area (Å²) in [6.45, 7) is 4.28. The van der Waals surface area contributed by atoms with E-state index in [-0.39, 0.29) is 18.3 Å². The highest BCUT2D eigenvalue weighted by Gasteiger charge is 2.14. The molecule has 1 aromatic carbocycles. The Morgan fingerprint density at radius 2 is 2.33 bits per heavy atom. The number of carbonyl (C=O) groups is 1. The Kier molecular flexibility index (Phi) is 8.16. The molecule has 0 aliphatic carbocycles. The van der Waals surface area contributed by atoms with Crippen molar-refractivity contribution in [2.45, 2.75) is 45.2 Å². The van der Waals surface area contributed by atoms with E-state index in [9.17, 15) is 4.79 Å². The van der Waals surface area contributed by atoms with E-state index in [1.165, 1.54) is 12.8 Å². The lowest BCUT2D eigenvalue weighted by atomic mass is 10.1. The van der Waals surface area contributed by atoms with Gasteiger partial charge >= 0.3 is 0 Å². The molecule has 1 aromatic rings. The van der Waals surface area contributed by atoms with Crippen LogP contribution in [0.2, 0.25) is 0 Å². The van der Waals surface area contributed by atoms with E-state index >= 15 is 0 Å². The van der Waals surface area contributed by atoms with Crippen molar-refractivity contribution in [2.24, 2.45) is 0 Å². The summed E-state index contributed by atoms with van der Waals surface area (Å²) in [5, 5.41) is 6.38. The Morgan fingerprint density at radius 1 is 1.48 bits per heavy atom. The summed E-state index contributed by atoms with van der Waals surface area (Å²) in [5.74, 6) is 0.981. The lowest BCUT2D eigenvalue weighted by Gasteiger charge is -2.10. The molecule has 1 heterocycles. The molecule has 0 saturated carbocycles. The molecule has 2 N–H and O–H groups in total. The summed E-state index contributed by atoms with van der Waals surface area (Å²) in [4.78, 5) is 11.8. The van der Waals surface area contributed by atoms with Gasteiger partial charge in [-0.05, 0) is 50.4 Å². The van der Waals surface area contributed by atoms with Crippen molar-refractivity contribution in [3.8, 4) is 5.75 Å². The Morgan fingerprint density at radius 3 is 3.05 bits per heavy atom.